The molecule has 0 atom stereocenters. The molecule has 0 aliphatic carbocycles. The number of phenolic OH excluding ortho intramolecular Hbond substituents is 3. The Morgan fingerprint density at radius 2 is 1.81 bits per heavy atom. The average Bonchev–Trinajstić information content (AvgIpc) is 2.25. The van der Waals surface area contributed by atoms with Crippen molar-refractivity contribution < 1.29 is 25.3 Å². The first-order valence-corrected chi connectivity index (χ1v) is 4.02. The van der Waals surface area contributed by atoms with Gasteiger partial charge in [0, 0.05) is 5.56 Å². The molecular weight excluding hydrogens is 218 g/mol. The second kappa shape index (κ2) is 4.84. The van der Waals surface area contributed by atoms with E-state index in [1.165, 1.54) is 5.48 Å². The van der Waals surface area contributed by atoms with Crippen molar-refractivity contribution in [3.05, 3.63) is 17.7 Å². The van der Waals surface area contributed by atoms with E-state index in [2.05, 4.69) is 5.10 Å². The normalized spacial score (nSPS) is 10.3. The zero-order chi connectivity index (χ0) is 12.1. The lowest BCUT2D eigenvalue weighted by Gasteiger charge is -2.01. The number of hydrogen-bond acceptors (Lipinski definition) is 6. The van der Waals surface area contributed by atoms with Gasteiger partial charge in [-0.3, -0.25) is 5.21 Å². The number of carbonyl (C=O) groups is 1. The topological polar surface area (TPSA) is 134 Å². The van der Waals surface area contributed by atoms with E-state index in [1.54, 1.807) is 0 Å². The summed E-state index contributed by atoms with van der Waals surface area (Å²) in [6.07, 6.45) is 1.09. The minimum Gasteiger partial charge on any atom is -0.504 e. The van der Waals surface area contributed by atoms with E-state index in [4.69, 9.17) is 20.5 Å². The first-order chi connectivity index (χ1) is 7.54. The molecule has 0 saturated heterocycles. The van der Waals surface area contributed by atoms with Crippen LogP contribution in [0, 0.1) is 0 Å². The van der Waals surface area contributed by atoms with E-state index in [9.17, 15) is 4.79 Å². The third-order valence-electron chi connectivity index (χ3n) is 1.57. The second-order valence-electron chi connectivity index (χ2n) is 2.72. The van der Waals surface area contributed by atoms with Crippen molar-refractivity contribution >= 4 is 12.2 Å². The highest BCUT2D eigenvalue weighted by atomic mass is 16.5. The Hall–Kier alpha value is -2.48. The number of amides is 2. The molecule has 0 saturated carbocycles. The van der Waals surface area contributed by atoms with Crippen LogP contribution in [0.2, 0.25) is 0 Å². The molecule has 2 amide bonds. The minimum atomic E-state index is -0.941. The van der Waals surface area contributed by atoms with Crippen LogP contribution in [0.3, 0.4) is 0 Å². The summed E-state index contributed by atoms with van der Waals surface area (Å²) >= 11 is 0. The zero-order valence-electron chi connectivity index (χ0n) is 7.88. The standard InChI is InChI=1S/C8H9N3O5/c12-5-1-4(2-6(13)7(5)14)3-9-10-8(15)11-16/h1-3,12-14,16H,(H2,10,11,15)/b9-3+. The molecule has 0 unspecified atom stereocenters. The van der Waals surface area contributed by atoms with Gasteiger partial charge >= 0.3 is 6.03 Å². The van der Waals surface area contributed by atoms with Gasteiger partial charge in [-0.2, -0.15) is 5.10 Å². The zero-order valence-corrected chi connectivity index (χ0v) is 7.88. The van der Waals surface area contributed by atoms with Crippen molar-refractivity contribution in [2.45, 2.75) is 0 Å². The third kappa shape index (κ3) is 2.75. The van der Waals surface area contributed by atoms with Gasteiger partial charge in [0.1, 0.15) is 0 Å². The number of hydrazone groups is 1. The number of carbonyl (C=O) groups excluding carboxylic acids is 1. The molecule has 0 aromatic heterocycles. The fourth-order valence-electron chi connectivity index (χ4n) is 0.890. The molecule has 8 heteroatoms. The molecule has 8 nitrogen and oxygen atoms in total. The van der Waals surface area contributed by atoms with E-state index in [0.29, 0.717) is 0 Å². The molecule has 0 heterocycles. The highest BCUT2D eigenvalue weighted by Gasteiger charge is 2.06. The van der Waals surface area contributed by atoms with E-state index in [-0.39, 0.29) is 5.56 Å². The molecule has 1 aromatic carbocycles. The van der Waals surface area contributed by atoms with Gasteiger partial charge < -0.3 is 15.3 Å². The Kier molecular flexibility index (Phi) is 3.51. The van der Waals surface area contributed by atoms with Crippen molar-refractivity contribution in [2.75, 3.05) is 0 Å². The van der Waals surface area contributed by atoms with Gasteiger partial charge in [0.25, 0.3) is 0 Å². The average molecular weight is 227 g/mol. The number of benzene rings is 1. The van der Waals surface area contributed by atoms with E-state index >= 15 is 0 Å². The van der Waals surface area contributed by atoms with Crippen LogP contribution in [-0.4, -0.2) is 32.8 Å². The number of hydrogen-bond donors (Lipinski definition) is 6. The molecule has 6 N–H and O–H groups in total. The Labute approximate surface area is 89.4 Å². The number of phenols is 3. The summed E-state index contributed by atoms with van der Waals surface area (Å²) in [6, 6.07) is 1.30. The Bertz CT molecular complexity index is 409. The molecule has 0 aliphatic rings. The van der Waals surface area contributed by atoms with E-state index < -0.39 is 23.3 Å². The maximum atomic E-state index is 10.5. The van der Waals surface area contributed by atoms with Crippen molar-refractivity contribution in [1.29, 1.82) is 0 Å². The van der Waals surface area contributed by atoms with Crippen LogP contribution >= 0.6 is 0 Å². The fourth-order valence-corrected chi connectivity index (χ4v) is 0.890. The van der Waals surface area contributed by atoms with Gasteiger partial charge in [-0.1, -0.05) is 0 Å². The first kappa shape index (κ1) is 11.6. The van der Waals surface area contributed by atoms with Crippen LogP contribution in [0.1, 0.15) is 5.56 Å². The maximum Gasteiger partial charge on any atom is 0.358 e. The van der Waals surface area contributed by atoms with Gasteiger partial charge in [0.2, 0.25) is 0 Å². The number of urea groups is 1. The van der Waals surface area contributed by atoms with Gasteiger partial charge in [0.05, 0.1) is 6.21 Å². The van der Waals surface area contributed by atoms with Crippen molar-refractivity contribution in [3.8, 4) is 17.2 Å². The van der Waals surface area contributed by atoms with Gasteiger partial charge in [-0.15, -0.1) is 0 Å². The molecule has 0 aliphatic heterocycles. The predicted molar refractivity (Wildman–Crippen MR) is 52.5 cm³/mol. The Balaban J connectivity index is 2.78. The number of nitrogens with one attached hydrogen (secondary N) is 2. The van der Waals surface area contributed by atoms with Gasteiger partial charge in [-0.05, 0) is 12.1 Å². The lowest BCUT2D eigenvalue weighted by molar-refractivity contribution is 0.162. The van der Waals surface area contributed by atoms with Crippen LogP contribution in [0.25, 0.3) is 0 Å². The molecular formula is C8H9N3O5. The van der Waals surface area contributed by atoms with Crippen molar-refractivity contribution in [1.82, 2.24) is 10.9 Å². The summed E-state index contributed by atoms with van der Waals surface area (Å²) in [6.45, 7) is 0. The van der Waals surface area contributed by atoms with Crippen LogP contribution in [0.4, 0.5) is 4.79 Å². The molecule has 16 heavy (non-hydrogen) atoms. The summed E-state index contributed by atoms with van der Waals surface area (Å²) in [4.78, 5) is 10.5. The van der Waals surface area contributed by atoms with E-state index in [1.807, 2.05) is 5.43 Å². The predicted octanol–water partition coefficient (Wildman–Crippen LogP) is -0.174. The SMILES string of the molecule is O=C(NO)N/N=C/c1cc(O)c(O)c(O)c1. The van der Waals surface area contributed by atoms with Crippen LogP contribution in [0.5, 0.6) is 17.2 Å². The third-order valence-corrected chi connectivity index (χ3v) is 1.57. The Morgan fingerprint density at radius 1 is 1.25 bits per heavy atom. The van der Waals surface area contributed by atoms with Crippen LogP contribution < -0.4 is 10.9 Å². The minimum absolute atomic E-state index is 0.242. The summed E-state index contributed by atoms with van der Waals surface area (Å²) in [5, 5.41) is 38.8. The number of rotatable bonds is 2. The lowest BCUT2D eigenvalue weighted by atomic mass is 10.2. The summed E-state index contributed by atoms with van der Waals surface area (Å²) in [7, 11) is 0. The smallest absolute Gasteiger partial charge is 0.358 e. The highest BCUT2D eigenvalue weighted by Crippen LogP contribution is 2.34. The molecule has 86 valence electrons. The molecule has 0 spiro atoms. The summed E-state index contributed by atoms with van der Waals surface area (Å²) < 4.78 is 0. The first-order valence-electron chi connectivity index (χ1n) is 4.02. The Morgan fingerprint density at radius 3 is 2.31 bits per heavy atom. The quantitative estimate of drug-likeness (QED) is 0.180. The molecule has 1 rings (SSSR count). The van der Waals surface area contributed by atoms with Crippen LogP contribution in [0.15, 0.2) is 17.2 Å². The summed E-state index contributed by atoms with van der Waals surface area (Å²) in [5.74, 6) is -1.68. The second-order valence-corrected chi connectivity index (χ2v) is 2.72. The molecule has 0 fully saturated rings. The number of aromatic hydroxyl groups is 3. The van der Waals surface area contributed by atoms with Gasteiger partial charge in [-0.25, -0.2) is 15.7 Å². The maximum absolute atomic E-state index is 10.5. The van der Waals surface area contributed by atoms with E-state index in [0.717, 1.165) is 18.3 Å². The fraction of sp³-hybridized carbons (Fsp3) is 0. The molecule has 0 radical (unpaired) electrons. The van der Waals surface area contributed by atoms with Crippen LogP contribution in [-0.2, 0) is 0 Å². The largest absolute Gasteiger partial charge is 0.504 e. The monoisotopic (exact) mass is 227 g/mol. The van der Waals surface area contributed by atoms with Gasteiger partial charge in [0.15, 0.2) is 17.2 Å². The highest BCUT2D eigenvalue weighted by molar-refractivity contribution is 5.83. The molecule has 0 bridgehead atoms. The number of hydroxylamine groups is 1. The molecule has 1 aromatic rings. The van der Waals surface area contributed by atoms with Crippen molar-refractivity contribution in [2.24, 2.45) is 5.10 Å². The van der Waals surface area contributed by atoms with Crippen molar-refractivity contribution in [3.63, 3.8) is 0 Å². The lowest BCUT2D eigenvalue weighted by Crippen LogP contribution is -2.29. The summed E-state index contributed by atoms with van der Waals surface area (Å²) in [5.41, 5.74) is 3.40. The number of nitrogens with zero attached hydrogens (tertiary/aromatic N) is 1.